The van der Waals surface area contributed by atoms with Crippen LogP contribution in [0.25, 0.3) is 0 Å². The van der Waals surface area contributed by atoms with E-state index in [1.807, 2.05) is 19.9 Å². The van der Waals surface area contributed by atoms with E-state index in [2.05, 4.69) is 16.0 Å². The molecule has 29 heavy (non-hydrogen) atoms. The van der Waals surface area contributed by atoms with Crippen molar-refractivity contribution in [1.82, 2.24) is 5.32 Å². The SMILES string of the molecule is Cc1cccc(NC(=O)NC(=O)COC(=O)c2ccc3c(c2)NC(=O)CS3)c1C. The minimum Gasteiger partial charge on any atom is -0.452 e. The third-order valence-electron chi connectivity index (χ3n) is 4.29. The van der Waals surface area contributed by atoms with Crippen LogP contribution in [0.3, 0.4) is 0 Å². The predicted molar refractivity (Wildman–Crippen MR) is 109 cm³/mol. The molecule has 1 aliphatic heterocycles. The monoisotopic (exact) mass is 413 g/mol. The fourth-order valence-electron chi connectivity index (χ4n) is 2.63. The van der Waals surface area contributed by atoms with E-state index in [9.17, 15) is 19.2 Å². The fraction of sp³-hybridized carbons (Fsp3) is 0.200. The van der Waals surface area contributed by atoms with E-state index < -0.39 is 24.5 Å². The number of urea groups is 1. The van der Waals surface area contributed by atoms with Crippen LogP contribution in [0.4, 0.5) is 16.2 Å². The normalized spacial score (nSPS) is 12.4. The van der Waals surface area contributed by atoms with Crippen LogP contribution in [-0.4, -0.2) is 36.2 Å². The number of fused-ring (bicyclic) bond motifs is 1. The predicted octanol–water partition coefficient (Wildman–Crippen LogP) is 2.85. The Kier molecular flexibility index (Phi) is 6.18. The lowest BCUT2D eigenvalue weighted by Gasteiger charge is -2.16. The lowest BCUT2D eigenvalue weighted by atomic mass is 10.1. The zero-order valence-corrected chi connectivity index (χ0v) is 16.6. The summed E-state index contributed by atoms with van der Waals surface area (Å²) in [5, 5.41) is 7.37. The number of aryl methyl sites for hydroxylation is 1. The van der Waals surface area contributed by atoms with Crippen LogP contribution in [-0.2, 0) is 14.3 Å². The van der Waals surface area contributed by atoms with Crippen molar-refractivity contribution in [3.8, 4) is 0 Å². The van der Waals surface area contributed by atoms with Crippen molar-refractivity contribution in [2.24, 2.45) is 0 Å². The molecular weight excluding hydrogens is 394 g/mol. The van der Waals surface area contributed by atoms with Gasteiger partial charge in [-0.15, -0.1) is 11.8 Å². The summed E-state index contributed by atoms with van der Waals surface area (Å²) in [6, 6.07) is 9.46. The van der Waals surface area contributed by atoms with E-state index in [0.717, 1.165) is 16.0 Å². The van der Waals surface area contributed by atoms with Crippen molar-refractivity contribution < 1.29 is 23.9 Å². The first-order valence-electron chi connectivity index (χ1n) is 8.74. The number of imide groups is 1. The standard InChI is InChI=1S/C20H19N3O5S/c1-11-4-3-5-14(12(11)2)22-20(27)23-17(24)9-28-19(26)13-6-7-16-15(8-13)21-18(25)10-29-16/h3-8H,9-10H2,1-2H3,(H,21,25)(H2,22,23,24,27). The molecule has 0 saturated carbocycles. The molecule has 0 fully saturated rings. The van der Waals surface area contributed by atoms with E-state index in [0.29, 0.717) is 17.1 Å². The zero-order valence-electron chi connectivity index (χ0n) is 15.8. The number of hydrogen-bond acceptors (Lipinski definition) is 6. The smallest absolute Gasteiger partial charge is 0.338 e. The maximum absolute atomic E-state index is 12.2. The van der Waals surface area contributed by atoms with Crippen molar-refractivity contribution in [2.45, 2.75) is 18.7 Å². The van der Waals surface area contributed by atoms with Crippen LogP contribution >= 0.6 is 11.8 Å². The number of anilines is 2. The van der Waals surface area contributed by atoms with Crippen LogP contribution in [0.15, 0.2) is 41.3 Å². The second kappa shape index (κ2) is 8.78. The number of amides is 4. The average Bonchev–Trinajstić information content (AvgIpc) is 2.69. The lowest BCUT2D eigenvalue weighted by Crippen LogP contribution is -2.37. The molecule has 1 aliphatic rings. The Hall–Kier alpha value is -3.33. The number of benzene rings is 2. The number of nitrogens with one attached hydrogen (secondary N) is 3. The van der Waals surface area contributed by atoms with Gasteiger partial charge in [-0.05, 0) is 49.2 Å². The van der Waals surface area contributed by atoms with Gasteiger partial charge in [-0.25, -0.2) is 9.59 Å². The minimum atomic E-state index is -0.761. The van der Waals surface area contributed by atoms with Gasteiger partial charge in [0.25, 0.3) is 5.91 Å². The maximum Gasteiger partial charge on any atom is 0.338 e. The van der Waals surface area contributed by atoms with Gasteiger partial charge in [0.15, 0.2) is 6.61 Å². The summed E-state index contributed by atoms with van der Waals surface area (Å²) < 4.78 is 4.95. The Labute approximate surface area is 171 Å². The third kappa shape index (κ3) is 5.14. The van der Waals surface area contributed by atoms with Crippen LogP contribution in [0.1, 0.15) is 21.5 Å². The molecule has 0 aliphatic carbocycles. The Balaban J connectivity index is 1.52. The molecule has 0 saturated heterocycles. The molecule has 1 heterocycles. The molecule has 150 valence electrons. The highest BCUT2D eigenvalue weighted by molar-refractivity contribution is 8.00. The molecular formula is C20H19N3O5S. The molecule has 0 aromatic heterocycles. The second-order valence-electron chi connectivity index (χ2n) is 6.37. The summed E-state index contributed by atoms with van der Waals surface area (Å²) in [7, 11) is 0. The molecule has 0 unspecified atom stereocenters. The van der Waals surface area contributed by atoms with E-state index in [4.69, 9.17) is 4.74 Å². The second-order valence-corrected chi connectivity index (χ2v) is 7.39. The highest BCUT2D eigenvalue weighted by Crippen LogP contribution is 2.32. The van der Waals surface area contributed by atoms with Gasteiger partial charge in [0, 0.05) is 10.6 Å². The Morgan fingerprint density at radius 3 is 2.76 bits per heavy atom. The first kappa shape index (κ1) is 20.4. The van der Waals surface area contributed by atoms with E-state index in [1.165, 1.54) is 17.8 Å². The van der Waals surface area contributed by atoms with Gasteiger partial charge in [0.05, 0.1) is 17.0 Å². The molecule has 0 bridgehead atoms. The van der Waals surface area contributed by atoms with Crippen LogP contribution < -0.4 is 16.0 Å². The van der Waals surface area contributed by atoms with Gasteiger partial charge in [-0.3, -0.25) is 14.9 Å². The Morgan fingerprint density at radius 1 is 1.17 bits per heavy atom. The number of thioether (sulfide) groups is 1. The topological polar surface area (TPSA) is 114 Å². The minimum absolute atomic E-state index is 0.151. The summed E-state index contributed by atoms with van der Waals surface area (Å²) in [5.41, 5.74) is 3.19. The van der Waals surface area contributed by atoms with Crippen molar-refractivity contribution >= 4 is 47.0 Å². The molecule has 8 nitrogen and oxygen atoms in total. The van der Waals surface area contributed by atoms with Crippen LogP contribution in [0, 0.1) is 13.8 Å². The van der Waals surface area contributed by atoms with Crippen LogP contribution in [0.2, 0.25) is 0 Å². The first-order valence-corrected chi connectivity index (χ1v) is 9.73. The first-order chi connectivity index (χ1) is 13.8. The number of hydrogen-bond donors (Lipinski definition) is 3. The molecule has 9 heteroatoms. The molecule has 0 radical (unpaired) electrons. The number of ether oxygens (including phenoxy) is 1. The highest BCUT2D eigenvalue weighted by atomic mass is 32.2. The molecule has 3 rings (SSSR count). The Bertz CT molecular complexity index is 1010. The molecule has 0 atom stereocenters. The number of carbonyl (C=O) groups excluding carboxylic acids is 4. The summed E-state index contributed by atoms with van der Waals surface area (Å²) in [6.45, 7) is 3.15. The van der Waals surface area contributed by atoms with Gasteiger partial charge in [0.1, 0.15) is 0 Å². The summed E-state index contributed by atoms with van der Waals surface area (Å²) >= 11 is 1.37. The number of rotatable bonds is 4. The number of carbonyl (C=O) groups is 4. The lowest BCUT2D eigenvalue weighted by molar-refractivity contribution is -0.123. The van der Waals surface area contributed by atoms with Gasteiger partial charge in [-0.2, -0.15) is 0 Å². The van der Waals surface area contributed by atoms with E-state index in [-0.39, 0.29) is 11.5 Å². The zero-order chi connectivity index (χ0) is 21.0. The molecule has 0 spiro atoms. The number of esters is 1. The molecule has 3 N–H and O–H groups in total. The van der Waals surface area contributed by atoms with Gasteiger partial charge in [0.2, 0.25) is 5.91 Å². The Morgan fingerprint density at radius 2 is 1.97 bits per heavy atom. The summed E-state index contributed by atoms with van der Waals surface area (Å²) in [5.74, 6) is -1.32. The fourth-order valence-corrected chi connectivity index (χ4v) is 3.42. The maximum atomic E-state index is 12.2. The largest absolute Gasteiger partial charge is 0.452 e. The summed E-state index contributed by atoms with van der Waals surface area (Å²) in [6.07, 6.45) is 0. The molecule has 2 aromatic rings. The molecule has 4 amide bonds. The highest BCUT2D eigenvalue weighted by Gasteiger charge is 2.19. The van der Waals surface area contributed by atoms with Crippen molar-refractivity contribution in [3.63, 3.8) is 0 Å². The van der Waals surface area contributed by atoms with Crippen LogP contribution in [0.5, 0.6) is 0 Å². The van der Waals surface area contributed by atoms with E-state index in [1.54, 1.807) is 24.3 Å². The van der Waals surface area contributed by atoms with Crippen molar-refractivity contribution in [3.05, 3.63) is 53.1 Å². The quantitative estimate of drug-likeness (QED) is 0.664. The van der Waals surface area contributed by atoms with Gasteiger partial charge in [-0.1, -0.05) is 12.1 Å². The molecule has 2 aromatic carbocycles. The average molecular weight is 413 g/mol. The van der Waals surface area contributed by atoms with E-state index >= 15 is 0 Å². The third-order valence-corrected chi connectivity index (χ3v) is 5.36. The van der Waals surface area contributed by atoms with Gasteiger partial charge >= 0.3 is 12.0 Å². The van der Waals surface area contributed by atoms with Crippen molar-refractivity contribution in [2.75, 3.05) is 23.0 Å². The van der Waals surface area contributed by atoms with Gasteiger partial charge < -0.3 is 15.4 Å². The van der Waals surface area contributed by atoms with Crippen molar-refractivity contribution in [1.29, 1.82) is 0 Å². The summed E-state index contributed by atoms with van der Waals surface area (Å²) in [4.78, 5) is 48.3.